The number of aromatic nitrogens is 4. The average Bonchev–Trinajstić information content (AvgIpc) is 3.94. The predicted molar refractivity (Wildman–Crippen MR) is 258 cm³/mol. The highest BCUT2D eigenvalue weighted by molar-refractivity contribution is 8.14. The highest BCUT2D eigenvalue weighted by atomic mass is 32.2. The SMILES string of the molecule is CNc1ccc(C(=O)NC2=NC(C)C(C)S2)c(NC(=O)CCOCCOCCNC(=O)CN2CCN(c3ccc(Nc4ncc5c(C)c(C(C)=O)c(=O)n(C6CCCC6)c5n4)nc3)CC2)c1. The van der Waals surface area contributed by atoms with Gasteiger partial charge in [-0.15, -0.1) is 0 Å². The molecule has 7 rings (SSSR count). The molecular weight excluding hydrogens is 865 g/mol. The van der Waals surface area contributed by atoms with E-state index < -0.39 is 0 Å². The van der Waals surface area contributed by atoms with Crippen molar-refractivity contribution in [1.82, 2.24) is 35.1 Å². The Morgan fingerprint density at radius 1 is 0.894 bits per heavy atom. The summed E-state index contributed by atoms with van der Waals surface area (Å²) in [7, 11) is 1.76. The monoisotopic (exact) mass is 924 g/mol. The van der Waals surface area contributed by atoms with E-state index in [2.05, 4.69) is 58.3 Å². The van der Waals surface area contributed by atoms with E-state index in [1.165, 1.54) is 18.7 Å². The maximum absolute atomic E-state index is 13.6. The number of ether oxygens (including phenoxy) is 2. The van der Waals surface area contributed by atoms with Crippen molar-refractivity contribution in [2.45, 2.75) is 77.1 Å². The molecular formula is C46H60N12O7S. The molecule has 4 aromatic rings. The van der Waals surface area contributed by atoms with Crippen LogP contribution >= 0.6 is 11.8 Å². The largest absolute Gasteiger partial charge is 0.388 e. The van der Waals surface area contributed by atoms with Gasteiger partial charge in [0, 0.05) is 68.3 Å². The number of aliphatic imine (C=N–C) groups is 1. The molecule has 1 saturated heterocycles. The van der Waals surface area contributed by atoms with Gasteiger partial charge in [-0.05, 0) is 69.5 Å². The molecule has 2 atom stereocenters. The Hall–Kier alpha value is -5.96. The van der Waals surface area contributed by atoms with Gasteiger partial charge in [0.05, 0.1) is 74.1 Å². The number of hydrogen-bond donors (Lipinski definition) is 5. The van der Waals surface area contributed by atoms with E-state index in [4.69, 9.17) is 14.5 Å². The fourth-order valence-electron chi connectivity index (χ4n) is 8.28. The highest BCUT2D eigenvalue weighted by Gasteiger charge is 2.27. The molecule has 2 aliphatic heterocycles. The highest BCUT2D eigenvalue weighted by Crippen LogP contribution is 2.32. The number of anilines is 5. The van der Waals surface area contributed by atoms with E-state index in [1.54, 1.807) is 49.1 Å². The third-order valence-electron chi connectivity index (χ3n) is 12.1. The summed E-state index contributed by atoms with van der Waals surface area (Å²) in [6.45, 7) is 11.9. The number of ketones is 1. The lowest BCUT2D eigenvalue weighted by Gasteiger charge is -2.35. The summed E-state index contributed by atoms with van der Waals surface area (Å²) in [5, 5.41) is 16.3. The minimum Gasteiger partial charge on any atom is -0.388 e. The van der Waals surface area contributed by atoms with Crippen LogP contribution in [-0.4, -0.2) is 137 Å². The zero-order valence-corrected chi connectivity index (χ0v) is 39.1. The fraction of sp³-hybridized carbons (Fsp3) is 0.500. The number of thioether (sulfide) groups is 1. The predicted octanol–water partition coefficient (Wildman–Crippen LogP) is 4.51. The van der Waals surface area contributed by atoms with Crippen LogP contribution in [0.5, 0.6) is 0 Å². The summed E-state index contributed by atoms with van der Waals surface area (Å²) in [6, 6.07) is 9.10. The third kappa shape index (κ3) is 12.1. The molecule has 3 amide bonds. The van der Waals surface area contributed by atoms with E-state index in [0.29, 0.717) is 77.6 Å². The van der Waals surface area contributed by atoms with Crippen LogP contribution in [0.15, 0.2) is 52.5 Å². The standard InChI is InChI=1S/C46H60N12O7S/c1-28-36-26-50-45(54-42(36)58(33-8-6-7-9-33)44(63)41(28)30(3)59)53-38-13-11-34(25-49-38)57-18-16-56(17-19-57)27-40(61)48-15-21-65-23-22-64-20-14-39(60)52-37-24-32(47-5)10-12-35(37)43(62)55-46-51-29(2)31(4)66-46/h10-13,24-26,29,31,33,47H,6-9,14-23,27H2,1-5H3,(H,48,61)(H,52,60)(H,51,55,62)(H,49,50,53,54). The summed E-state index contributed by atoms with van der Waals surface area (Å²) in [6.07, 6.45) is 7.35. The normalized spacial score (nSPS) is 17.7. The molecule has 0 bridgehead atoms. The molecule has 5 heterocycles. The second-order valence-corrected chi connectivity index (χ2v) is 18.1. The van der Waals surface area contributed by atoms with Gasteiger partial charge in [-0.3, -0.25) is 38.4 Å². The molecule has 0 radical (unpaired) electrons. The van der Waals surface area contributed by atoms with Crippen molar-refractivity contribution in [2.24, 2.45) is 4.99 Å². The van der Waals surface area contributed by atoms with Crippen LogP contribution in [0.1, 0.15) is 85.2 Å². The van der Waals surface area contributed by atoms with E-state index in [-0.39, 0.29) is 78.1 Å². The van der Waals surface area contributed by atoms with Crippen molar-refractivity contribution >= 4 is 80.3 Å². The lowest BCUT2D eigenvalue weighted by atomic mass is 10.0. The molecule has 0 spiro atoms. The van der Waals surface area contributed by atoms with Crippen molar-refractivity contribution in [3.05, 3.63) is 69.8 Å². The number of amides is 3. The molecule has 352 valence electrons. The topological polar surface area (TPSA) is 226 Å². The third-order valence-corrected chi connectivity index (χ3v) is 13.3. The number of carbonyl (C=O) groups excluding carboxylic acids is 4. The summed E-state index contributed by atoms with van der Waals surface area (Å²) < 4.78 is 12.9. The number of hydrogen-bond acceptors (Lipinski definition) is 16. The van der Waals surface area contributed by atoms with Crippen LogP contribution in [-0.2, 0) is 19.1 Å². The molecule has 20 heteroatoms. The molecule has 1 saturated carbocycles. The van der Waals surface area contributed by atoms with Gasteiger partial charge < -0.3 is 41.0 Å². The number of piperazine rings is 1. The molecule has 1 aliphatic carbocycles. The first-order valence-electron chi connectivity index (χ1n) is 22.6. The lowest BCUT2D eigenvalue weighted by Crippen LogP contribution is -2.49. The van der Waals surface area contributed by atoms with E-state index in [1.807, 2.05) is 19.1 Å². The summed E-state index contributed by atoms with van der Waals surface area (Å²) in [4.78, 5) is 87.2. The van der Waals surface area contributed by atoms with Crippen molar-refractivity contribution in [1.29, 1.82) is 0 Å². The Kier molecular flexibility index (Phi) is 16.4. The molecule has 1 aromatic carbocycles. The van der Waals surface area contributed by atoms with Crippen molar-refractivity contribution < 1.29 is 28.7 Å². The van der Waals surface area contributed by atoms with E-state index in [0.717, 1.165) is 50.1 Å². The summed E-state index contributed by atoms with van der Waals surface area (Å²) >= 11 is 1.51. The molecule has 3 aromatic heterocycles. The van der Waals surface area contributed by atoms with Gasteiger partial charge >= 0.3 is 0 Å². The van der Waals surface area contributed by atoms with Gasteiger partial charge in [-0.2, -0.15) is 4.98 Å². The number of nitrogens with one attached hydrogen (secondary N) is 5. The average molecular weight is 925 g/mol. The number of pyridine rings is 2. The van der Waals surface area contributed by atoms with Crippen LogP contribution in [0.2, 0.25) is 0 Å². The quantitative estimate of drug-likeness (QED) is 0.0645. The maximum Gasteiger partial charge on any atom is 0.263 e. The van der Waals surface area contributed by atoms with Gasteiger partial charge in [-0.1, -0.05) is 31.5 Å². The number of nitrogens with zero attached hydrogens (tertiary/aromatic N) is 7. The minimum atomic E-state index is -0.344. The summed E-state index contributed by atoms with van der Waals surface area (Å²) in [5.41, 5.74) is 3.46. The second kappa shape index (κ2) is 22.5. The number of amidine groups is 1. The molecule has 3 aliphatic rings. The number of fused-ring (bicyclic) bond motifs is 1. The van der Waals surface area contributed by atoms with Gasteiger partial charge in [-0.25, -0.2) is 9.97 Å². The minimum absolute atomic E-state index is 0.00734. The molecule has 66 heavy (non-hydrogen) atoms. The van der Waals surface area contributed by atoms with Crippen LogP contribution in [0.25, 0.3) is 11.0 Å². The van der Waals surface area contributed by atoms with Gasteiger partial charge in [0.1, 0.15) is 11.5 Å². The fourth-order valence-corrected chi connectivity index (χ4v) is 9.27. The Morgan fingerprint density at radius 2 is 1.65 bits per heavy atom. The smallest absolute Gasteiger partial charge is 0.263 e. The molecule has 5 N–H and O–H groups in total. The lowest BCUT2D eigenvalue weighted by molar-refractivity contribution is -0.122. The van der Waals surface area contributed by atoms with Gasteiger partial charge in [0.25, 0.3) is 11.5 Å². The molecule has 2 unspecified atom stereocenters. The number of rotatable bonds is 19. The van der Waals surface area contributed by atoms with Gasteiger partial charge in [0.15, 0.2) is 11.0 Å². The Balaban J connectivity index is 0.768. The van der Waals surface area contributed by atoms with Gasteiger partial charge in [0.2, 0.25) is 17.8 Å². The second-order valence-electron chi connectivity index (χ2n) is 16.7. The van der Waals surface area contributed by atoms with E-state index in [9.17, 15) is 24.0 Å². The number of aryl methyl sites for hydroxylation is 1. The first-order valence-corrected chi connectivity index (χ1v) is 23.5. The number of Topliss-reactive ketones (excluding diaryl/α,β-unsaturated/α-hetero) is 1. The van der Waals surface area contributed by atoms with Crippen molar-refractivity contribution in [3.63, 3.8) is 0 Å². The van der Waals surface area contributed by atoms with Crippen LogP contribution in [0.3, 0.4) is 0 Å². The zero-order valence-electron chi connectivity index (χ0n) is 38.3. The van der Waals surface area contributed by atoms with Crippen molar-refractivity contribution in [3.8, 4) is 0 Å². The van der Waals surface area contributed by atoms with Crippen molar-refractivity contribution in [2.75, 3.05) is 93.6 Å². The number of benzene rings is 1. The Bertz CT molecular complexity index is 2490. The number of carbonyl (C=O) groups is 4. The van der Waals surface area contributed by atoms with Crippen LogP contribution in [0, 0.1) is 6.92 Å². The first-order chi connectivity index (χ1) is 31.9. The van der Waals surface area contributed by atoms with Crippen LogP contribution in [0.4, 0.5) is 28.8 Å². The maximum atomic E-state index is 13.6. The molecule has 19 nitrogen and oxygen atoms in total. The molecule has 2 fully saturated rings. The van der Waals surface area contributed by atoms with E-state index >= 15 is 0 Å². The zero-order chi connectivity index (χ0) is 46.7. The Labute approximate surface area is 388 Å². The first kappa shape index (κ1) is 48.0. The summed E-state index contributed by atoms with van der Waals surface area (Å²) in [5.74, 6) is -0.0913. The van der Waals surface area contributed by atoms with Crippen LogP contribution < -0.4 is 37.0 Å². The Morgan fingerprint density at radius 3 is 2.33 bits per heavy atom.